The molecule has 2 atom stereocenters. The first kappa shape index (κ1) is 13.9. The molecule has 1 heterocycles. The number of nitrogens with one attached hydrogen (secondary N) is 1. The Morgan fingerprint density at radius 1 is 1.28 bits per heavy atom. The molecule has 3 heteroatoms. The maximum atomic E-state index is 6.26. The van der Waals surface area contributed by atoms with Gasteiger partial charge in [-0.3, -0.25) is 5.43 Å². The number of piperidine rings is 1. The summed E-state index contributed by atoms with van der Waals surface area (Å²) in [6, 6.07) is 7.48. The number of hydrogen-bond acceptors (Lipinski definition) is 2. The molecule has 1 fully saturated rings. The van der Waals surface area contributed by atoms with Crippen molar-refractivity contribution in [1.82, 2.24) is 10.4 Å². The number of aryl methyl sites for hydroxylation is 1. The van der Waals surface area contributed by atoms with Crippen LogP contribution >= 0.6 is 11.6 Å². The summed E-state index contributed by atoms with van der Waals surface area (Å²) in [4.78, 5) is 0. The molecule has 1 aliphatic heterocycles. The molecule has 18 heavy (non-hydrogen) atoms. The van der Waals surface area contributed by atoms with Gasteiger partial charge in [0.05, 0.1) is 0 Å². The number of hydrazine groups is 1. The number of halogens is 1. The van der Waals surface area contributed by atoms with Crippen LogP contribution in [0, 0.1) is 6.92 Å². The van der Waals surface area contributed by atoms with Crippen LogP contribution in [0.2, 0.25) is 5.02 Å². The van der Waals surface area contributed by atoms with Crippen LogP contribution in [0.1, 0.15) is 44.2 Å². The highest BCUT2D eigenvalue weighted by Crippen LogP contribution is 2.22. The molecule has 0 spiro atoms. The fourth-order valence-electron chi connectivity index (χ4n) is 2.71. The third-order valence-electron chi connectivity index (χ3n) is 3.85. The van der Waals surface area contributed by atoms with Crippen molar-refractivity contribution < 1.29 is 0 Å². The van der Waals surface area contributed by atoms with Gasteiger partial charge >= 0.3 is 0 Å². The summed E-state index contributed by atoms with van der Waals surface area (Å²) < 4.78 is 0. The molecule has 1 aliphatic rings. The Labute approximate surface area is 115 Å². The summed E-state index contributed by atoms with van der Waals surface area (Å²) in [5.74, 6) is 0. The predicted molar refractivity (Wildman–Crippen MR) is 77.6 cm³/mol. The largest absolute Gasteiger partial charge is 0.250 e. The van der Waals surface area contributed by atoms with Gasteiger partial charge < -0.3 is 0 Å². The highest BCUT2D eigenvalue weighted by Gasteiger charge is 2.24. The van der Waals surface area contributed by atoms with Crippen LogP contribution in [0.15, 0.2) is 18.2 Å². The summed E-state index contributed by atoms with van der Waals surface area (Å²) in [6.45, 7) is 7.46. The molecule has 1 N–H and O–H groups in total. The average Bonchev–Trinajstić information content (AvgIpc) is 2.31. The Hall–Kier alpha value is -0.570. The standard InChI is InChI=1S/C15H23ClN2/c1-11-7-8-14(15(16)9-11)10-17-18-12(2)5-4-6-13(18)3/h7-9,12-13,17H,4-6,10H2,1-3H3. The minimum Gasteiger partial charge on any atom is -0.250 e. The first-order chi connectivity index (χ1) is 8.58. The highest BCUT2D eigenvalue weighted by molar-refractivity contribution is 6.31. The lowest BCUT2D eigenvalue weighted by atomic mass is 10.00. The van der Waals surface area contributed by atoms with Crippen LogP contribution in [-0.2, 0) is 6.54 Å². The van der Waals surface area contributed by atoms with Crippen LogP contribution in [-0.4, -0.2) is 17.1 Å². The van der Waals surface area contributed by atoms with E-state index in [0.29, 0.717) is 12.1 Å². The molecule has 0 aromatic heterocycles. The molecule has 1 saturated heterocycles. The quantitative estimate of drug-likeness (QED) is 0.892. The minimum absolute atomic E-state index is 0.609. The minimum atomic E-state index is 0.609. The summed E-state index contributed by atoms with van der Waals surface area (Å²) in [5, 5.41) is 3.25. The lowest BCUT2D eigenvalue weighted by molar-refractivity contribution is 0.0436. The number of rotatable bonds is 3. The lowest BCUT2D eigenvalue weighted by Gasteiger charge is -2.39. The number of benzene rings is 1. The molecule has 100 valence electrons. The average molecular weight is 267 g/mol. The SMILES string of the molecule is Cc1ccc(CNN2C(C)CCCC2C)c(Cl)c1. The van der Waals surface area contributed by atoms with Gasteiger partial charge in [-0.05, 0) is 50.8 Å². The first-order valence-electron chi connectivity index (χ1n) is 6.85. The third kappa shape index (κ3) is 3.25. The van der Waals surface area contributed by atoms with Gasteiger partial charge in [-0.1, -0.05) is 30.2 Å². The van der Waals surface area contributed by atoms with Gasteiger partial charge in [0.1, 0.15) is 0 Å². The molecular formula is C15H23ClN2. The second-order valence-corrected chi connectivity index (χ2v) is 5.87. The van der Waals surface area contributed by atoms with Crippen molar-refractivity contribution in [3.05, 3.63) is 34.3 Å². The zero-order chi connectivity index (χ0) is 13.1. The molecule has 0 aliphatic carbocycles. The maximum absolute atomic E-state index is 6.26. The fourth-order valence-corrected chi connectivity index (χ4v) is 3.01. The molecule has 1 aromatic carbocycles. The molecule has 0 radical (unpaired) electrons. The molecule has 2 unspecified atom stereocenters. The fraction of sp³-hybridized carbons (Fsp3) is 0.600. The second-order valence-electron chi connectivity index (χ2n) is 5.47. The van der Waals surface area contributed by atoms with Crippen molar-refractivity contribution >= 4 is 11.6 Å². The summed E-state index contributed by atoms with van der Waals surface area (Å²) >= 11 is 6.26. The Bertz CT molecular complexity index is 395. The van der Waals surface area contributed by atoms with Crippen LogP contribution < -0.4 is 5.43 Å². The maximum Gasteiger partial charge on any atom is 0.0454 e. The summed E-state index contributed by atoms with van der Waals surface area (Å²) in [5.41, 5.74) is 5.93. The first-order valence-corrected chi connectivity index (χ1v) is 7.22. The Morgan fingerprint density at radius 2 is 1.94 bits per heavy atom. The lowest BCUT2D eigenvalue weighted by Crippen LogP contribution is -2.51. The number of hydrogen-bond donors (Lipinski definition) is 1. The molecule has 0 bridgehead atoms. The monoisotopic (exact) mass is 266 g/mol. The van der Waals surface area contributed by atoms with Crippen LogP contribution in [0.5, 0.6) is 0 Å². The van der Waals surface area contributed by atoms with Crippen LogP contribution in [0.3, 0.4) is 0 Å². The molecule has 1 aromatic rings. The van der Waals surface area contributed by atoms with E-state index in [-0.39, 0.29) is 0 Å². The molecule has 2 rings (SSSR count). The van der Waals surface area contributed by atoms with E-state index < -0.39 is 0 Å². The van der Waals surface area contributed by atoms with E-state index in [1.54, 1.807) is 0 Å². The Kier molecular flexibility index (Phi) is 4.66. The van der Waals surface area contributed by atoms with Gasteiger partial charge in [0, 0.05) is 23.7 Å². The van der Waals surface area contributed by atoms with Gasteiger partial charge in [-0.25, -0.2) is 5.01 Å². The van der Waals surface area contributed by atoms with Gasteiger partial charge in [0.25, 0.3) is 0 Å². The number of nitrogens with zero attached hydrogens (tertiary/aromatic N) is 1. The van der Waals surface area contributed by atoms with Crippen molar-refractivity contribution in [2.45, 2.75) is 58.7 Å². The Balaban J connectivity index is 1.97. The van der Waals surface area contributed by atoms with E-state index in [1.807, 2.05) is 6.07 Å². The van der Waals surface area contributed by atoms with Gasteiger partial charge in [-0.2, -0.15) is 0 Å². The van der Waals surface area contributed by atoms with Crippen LogP contribution in [0.25, 0.3) is 0 Å². The Morgan fingerprint density at radius 3 is 2.56 bits per heavy atom. The van der Waals surface area contributed by atoms with Crippen molar-refractivity contribution in [3.63, 3.8) is 0 Å². The molecule has 0 saturated carbocycles. The van der Waals surface area contributed by atoms with Crippen molar-refractivity contribution in [2.24, 2.45) is 0 Å². The van der Waals surface area contributed by atoms with Crippen LogP contribution in [0.4, 0.5) is 0 Å². The third-order valence-corrected chi connectivity index (χ3v) is 4.21. The van der Waals surface area contributed by atoms with Gasteiger partial charge in [-0.15, -0.1) is 0 Å². The zero-order valence-electron chi connectivity index (χ0n) is 11.5. The van der Waals surface area contributed by atoms with Crippen molar-refractivity contribution in [2.75, 3.05) is 0 Å². The van der Waals surface area contributed by atoms with Crippen molar-refractivity contribution in [3.8, 4) is 0 Å². The van der Waals surface area contributed by atoms with E-state index in [1.165, 1.54) is 30.4 Å². The van der Waals surface area contributed by atoms with E-state index in [2.05, 4.69) is 43.3 Å². The van der Waals surface area contributed by atoms with E-state index in [9.17, 15) is 0 Å². The topological polar surface area (TPSA) is 15.3 Å². The van der Waals surface area contributed by atoms with E-state index in [0.717, 1.165) is 11.6 Å². The van der Waals surface area contributed by atoms with E-state index in [4.69, 9.17) is 11.6 Å². The summed E-state index contributed by atoms with van der Waals surface area (Å²) in [6.07, 6.45) is 3.89. The molecule has 0 amide bonds. The van der Waals surface area contributed by atoms with E-state index >= 15 is 0 Å². The van der Waals surface area contributed by atoms with Crippen molar-refractivity contribution in [1.29, 1.82) is 0 Å². The normalized spacial score (nSPS) is 25.3. The summed E-state index contributed by atoms with van der Waals surface area (Å²) in [7, 11) is 0. The zero-order valence-corrected chi connectivity index (χ0v) is 12.3. The van der Waals surface area contributed by atoms with Gasteiger partial charge in [0.15, 0.2) is 0 Å². The smallest absolute Gasteiger partial charge is 0.0454 e. The molecular weight excluding hydrogens is 244 g/mol. The van der Waals surface area contributed by atoms with Gasteiger partial charge in [0.2, 0.25) is 0 Å². The predicted octanol–water partition coefficient (Wildman–Crippen LogP) is 3.92. The highest BCUT2D eigenvalue weighted by atomic mass is 35.5. The molecule has 2 nitrogen and oxygen atoms in total. The second kappa shape index (κ2) is 6.05.